The van der Waals surface area contributed by atoms with Crippen LogP contribution in [0.4, 0.5) is 0 Å². The maximum atomic E-state index is 10.5. The molecule has 21 heavy (non-hydrogen) atoms. The van der Waals surface area contributed by atoms with E-state index in [0.717, 1.165) is 31.0 Å². The molecule has 0 radical (unpaired) electrons. The molecule has 3 aromatic rings. The van der Waals surface area contributed by atoms with Gasteiger partial charge in [-0.3, -0.25) is 4.98 Å². The van der Waals surface area contributed by atoms with Crippen LogP contribution < -0.4 is 0 Å². The summed E-state index contributed by atoms with van der Waals surface area (Å²) in [6.45, 7) is 0. The predicted octanol–water partition coefficient (Wildman–Crippen LogP) is 5.04. The van der Waals surface area contributed by atoms with E-state index < -0.39 is 6.10 Å². The Balaban J connectivity index is 1.92. The van der Waals surface area contributed by atoms with E-state index in [4.69, 9.17) is 0 Å². The fraction of sp³-hybridized carbons (Fsp3) is 0.118. The maximum absolute atomic E-state index is 10.5. The van der Waals surface area contributed by atoms with Gasteiger partial charge >= 0.3 is 0 Å². The molecule has 1 atom stereocenters. The van der Waals surface area contributed by atoms with Crippen molar-refractivity contribution in [3.8, 4) is 0 Å². The first kappa shape index (κ1) is 14.7. The molecule has 106 valence electrons. The SMILES string of the molecule is OC(Cc1ccnc2ccccc12)c1ccc(Br)c(Br)c1. The summed E-state index contributed by atoms with van der Waals surface area (Å²) in [6.07, 6.45) is 1.82. The molecule has 1 unspecified atom stereocenters. The number of pyridine rings is 1. The highest BCUT2D eigenvalue weighted by Gasteiger charge is 2.12. The fourth-order valence-electron chi connectivity index (χ4n) is 2.38. The van der Waals surface area contributed by atoms with Crippen LogP contribution in [0.3, 0.4) is 0 Å². The Morgan fingerprint density at radius 1 is 1.00 bits per heavy atom. The third kappa shape index (κ3) is 3.18. The normalized spacial score (nSPS) is 12.5. The predicted molar refractivity (Wildman–Crippen MR) is 92.2 cm³/mol. The average molecular weight is 407 g/mol. The quantitative estimate of drug-likeness (QED) is 0.661. The zero-order valence-corrected chi connectivity index (χ0v) is 14.3. The second-order valence-corrected chi connectivity index (χ2v) is 6.59. The first-order valence-corrected chi connectivity index (χ1v) is 8.19. The van der Waals surface area contributed by atoms with Crippen LogP contribution in [-0.4, -0.2) is 10.1 Å². The summed E-state index contributed by atoms with van der Waals surface area (Å²) in [4.78, 5) is 4.35. The Bertz CT molecular complexity index is 783. The van der Waals surface area contributed by atoms with Crippen LogP contribution >= 0.6 is 31.9 Å². The van der Waals surface area contributed by atoms with Gasteiger partial charge in [0.05, 0.1) is 11.6 Å². The van der Waals surface area contributed by atoms with Gasteiger partial charge in [0.25, 0.3) is 0 Å². The van der Waals surface area contributed by atoms with E-state index in [9.17, 15) is 5.11 Å². The zero-order valence-electron chi connectivity index (χ0n) is 11.1. The van der Waals surface area contributed by atoms with Gasteiger partial charge in [-0.15, -0.1) is 0 Å². The van der Waals surface area contributed by atoms with Gasteiger partial charge in [0.2, 0.25) is 0 Å². The number of nitrogens with zero attached hydrogens (tertiary/aromatic N) is 1. The summed E-state index contributed by atoms with van der Waals surface area (Å²) in [7, 11) is 0. The van der Waals surface area contributed by atoms with Crippen LogP contribution in [0.1, 0.15) is 17.2 Å². The molecular weight excluding hydrogens is 394 g/mol. The zero-order chi connectivity index (χ0) is 14.8. The summed E-state index contributed by atoms with van der Waals surface area (Å²) in [5.41, 5.74) is 2.96. The minimum absolute atomic E-state index is 0.541. The topological polar surface area (TPSA) is 33.1 Å². The lowest BCUT2D eigenvalue weighted by molar-refractivity contribution is 0.179. The molecule has 2 nitrogen and oxygen atoms in total. The standard InChI is InChI=1S/C17H13Br2NO/c18-14-6-5-12(9-15(14)19)17(21)10-11-7-8-20-16-4-2-1-3-13(11)16/h1-9,17,21H,10H2. The number of rotatable bonds is 3. The van der Waals surface area contributed by atoms with Crippen molar-refractivity contribution in [1.29, 1.82) is 0 Å². The van der Waals surface area contributed by atoms with E-state index in [-0.39, 0.29) is 0 Å². The van der Waals surface area contributed by atoms with Crippen LogP contribution in [0.25, 0.3) is 10.9 Å². The summed E-state index contributed by atoms with van der Waals surface area (Å²) < 4.78 is 1.92. The van der Waals surface area contributed by atoms with Crippen LogP contribution in [0.5, 0.6) is 0 Å². The van der Waals surface area contributed by atoms with Gasteiger partial charge in [-0.1, -0.05) is 24.3 Å². The number of halogens is 2. The lowest BCUT2D eigenvalue weighted by Gasteiger charge is -2.13. The lowest BCUT2D eigenvalue weighted by atomic mass is 9.99. The molecule has 0 fully saturated rings. The van der Waals surface area contributed by atoms with Crippen molar-refractivity contribution >= 4 is 42.8 Å². The van der Waals surface area contributed by atoms with E-state index in [1.54, 1.807) is 6.20 Å². The van der Waals surface area contributed by atoms with Crippen LogP contribution in [0.2, 0.25) is 0 Å². The largest absolute Gasteiger partial charge is 0.388 e. The van der Waals surface area contributed by atoms with Gasteiger partial charge in [-0.05, 0) is 67.3 Å². The molecule has 3 rings (SSSR count). The number of fused-ring (bicyclic) bond motifs is 1. The highest BCUT2D eigenvalue weighted by molar-refractivity contribution is 9.13. The van der Waals surface area contributed by atoms with Crippen molar-refractivity contribution in [1.82, 2.24) is 4.98 Å². The molecule has 0 aliphatic carbocycles. The van der Waals surface area contributed by atoms with Gasteiger partial charge < -0.3 is 5.11 Å². The highest BCUT2D eigenvalue weighted by Crippen LogP contribution is 2.29. The van der Waals surface area contributed by atoms with Gasteiger partial charge in [0.1, 0.15) is 0 Å². The molecule has 0 spiro atoms. The lowest BCUT2D eigenvalue weighted by Crippen LogP contribution is -2.02. The monoisotopic (exact) mass is 405 g/mol. The molecule has 4 heteroatoms. The van der Waals surface area contributed by atoms with Gasteiger partial charge in [-0.2, -0.15) is 0 Å². The third-order valence-corrected chi connectivity index (χ3v) is 5.36. The molecule has 0 aliphatic heterocycles. The Kier molecular flexibility index (Phi) is 4.38. The van der Waals surface area contributed by atoms with E-state index in [1.165, 1.54) is 0 Å². The minimum atomic E-state index is -0.541. The molecule has 1 heterocycles. The molecular formula is C17H13Br2NO. The Morgan fingerprint density at radius 2 is 1.81 bits per heavy atom. The van der Waals surface area contributed by atoms with Crippen molar-refractivity contribution in [3.63, 3.8) is 0 Å². The van der Waals surface area contributed by atoms with Crippen molar-refractivity contribution in [2.45, 2.75) is 12.5 Å². The number of aliphatic hydroxyl groups excluding tert-OH is 1. The molecule has 2 aromatic carbocycles. The van der Waals surface area contributed by atoms with Crippen LogP contribution in [0.15, 0.2) is 63.7 Å². The number of benzene rings is 2. The Morgan fingerprint density at radius 3 is 2.62 bits per heavy atom. The number of hydrogen-bond acceptors (Lipinski definition) is 2. The Labute approximate surface area is 140 Å². The van der Waals surface area contributed by atoms with Crippen molar-refractivity contribution < 1.29 is 5.11 Å². The van der Waals surface area contributed by atoms with Gasteiger partial charge in [0, 0.05) is 26.9 Å². The minimum Gasteiger partial charge on any atom is -0.388 e. The number of hydrogen-bond donors (Lipinski definition) is 1. The first-order valence-electron chi connectivity index (χ1n) is 6.61. The van der Waals surface area contributed by atoms with Crippen LogP contribution in [-0.2, 0) is 6.42 Å². The van der Waals surface area contributed by atoms with E-state index in [2.05, 4.69) is 36.8 Å². The summed E-state index contributed by atoms with van der Waals surface area (Å²) in [5, 5.41) is 11.6. The van der Waals surface area contributed by atoms with Crippen molar-refractivity contribution in [2.24, 2.45) is 0 Å². The third-order valence-electron chi connectivity index (χ3n) is 3.48. The molecule has 0 saturated carbocycles. The highest BCUT2D eigenvalue weighted by atomic mass is 79.9. The average Bonchev–Trinajstić information content (AvgIpc) is 2.50. The first-order chi connectivity index (χ1) is 10.1. The second kappa shape index (κ2) is 6.26. The summed E-state index contributed by atoms with van der Waals surface area (Å²) >= 11 is 6.91. The van der Waals surface area contributed by atoms with E-state index in [0.29, 0.717) is 6.42 Å². The molecule has 0 aliphatic rings. The maximum Gasteiger partial charge on any atom is 0.0831 e. The molecule has 1 aromatic heterocycles. The number of aliphatic hydroxyl groups is 1. The molecule has 0 bridgehead atoms. The fourth-order valence-corrected chi connectivity index (χ4v) is 3.02. The number of aromatic nitrogens is 1. The van der Waals surface area contributed by atoms with Crippen molar-refractivity contribution in [2.75, 3.05) is 0 Å². The Hall–Kier alpha value is -1.23. The summed E-state index contributed by atoms with van der Waals surface area (Å²) in [6, 6.07) is 15.8. The van der Waals surface area contributed by atoms with E-state index in [1.807, 2.05) is 48.5 Å². The smallest absolute Gasteiger partial charge is 0.0831 e. The van der Waals surface area contributed by atoms with E-state index >= 15 is 0 Å². The molecule has 0 saturated heterocycles. The second-order valence-electron chi connectivity index (χ2n) is 4.88. The van der Waals surface area contributed by atoms with Gasteiger partial charge in [0.15, 0.2) is 0 Å². The molecule has 0 amide bonds. The molecule has 1 N–H and O–H groups in total. The van der Waals surface area contributed by atoms with Crippen molar-refractivity contribution in [3.05, 3.63) is 74.8 Å². The number of para-hydroxylation sites is 1. The van der Waals surface area contributed by atoms with Crippen LogP contribution in [0, 0.1) is 0 Å². The summed E-state index contributed by atoms with van der Waals surface area (Å²) in [5.74, 6) is 0. The van der Waals surface area contributed by atoms with Gasteiger partial charge in [-0.25, -0.2) is 0 Å².